The number of hydrogen-bond acceptors (Lipinski definition) is 2. The molecule has 0 amide bonds. The van der Waals surface area contributed by atoms with E-state index in [2.05, 4.69) is 5.10 Å². The number of aromatic nitrogens is 2. The minimum Gasteiger partial charge on any atom is -0.319 e. The third-order valence-corrected chi connectivity index (χ3v) is 2.95. The van der Waals surface area contributed by atoms with Crippen LogP contribution in [0.2, 0.25) is 5.02 Å². The molecule has 0 bridgehead atoms. The van der Waals surface area contributed by atoms with Gasteiger partial charge in [0.05, 0.1) is 11.7 Å². The van der Waals surface area contributed by atoms with Gasteiger partial charge in [-0.2, -0.15) is 5.10 Å². The number of benzene rings is 1. The Labute approximate surface area is 99.8 Å². The van der Waals surface area contributed by atoms with Gasteiger partial charge in [-0.1, -0.05) is 29.8 Å². The monoisotopic (exact) mass is 235 g/mol. The quantitative estimate of drug-likeness (QED) is 0.889. The normalized spacial score (nSPS) is 12.7. The topological polar surface area (TPSA) is 43.8 Å². The summed E-state index contributed by atoms with van der Waals surface area (Å²) >= 11 is 6.12. The van der Waals surface area contributed by atoms with Gasteiger partial charge in [-0.05, 0) is 24.6 Å². The molecule has 2 rings (SSSR count). The molecule has 2 N–H and O–H groups in total. The molecule has 1 unspecified atom stereocenters. The van der Waals surface area contributed by atoms with Crippen molar-refractivity contribution in [2.45, 2.75) is 19.5 Å². The minimum atomic E-state index is -0.226. The van der Waals surface area contributed by atoms with Gasteiger partial charge < -0.3 is 5.73 Å². The fraction of sp³-hybridized carbons (Fsp3) is 0.250. The third-order valence-electron chi connectivity index (χ3n) is 2.61. The molecule has 0 radical (unpaired) electrons. The van der Waals surface area contributed by atoms with Crippen LogP contribution in [0, 0.1) is 0 Å². The van der Waals surface area contributed by atoms with Gasteiger partial charge in [0.2, 0.25) is 0 Å². The van der Waals surface area contributed by atoms with Crippen molar-refractivity contribution in [1.29, 1.82) is 0 Å². The Morgan fingerprint density at radius 3 is 2.81 bits per heavy atom. The minimum absolute atomic E-state index is 0.226. The van der Waals surface area contributed by atoms with Gasteiger partial charge in [0.15, 0.2) is 0 Å². The second-order valence-corrected chi connectivity index (χ2v) is 3.98. The molecule has 0 aliphatic heterocycles. The molecule has 0 aliphatic rings. The van der Waals surface area contributed by atoms with Gasteiger partial charge in [-0.25, -0.2) is 0 Å². The first-order valence-electron chi connectivity index (χ1n) is 5.25. The zero-order chi connectivity index (χ0) is 11.5. The van der Waals surface area contributed by atoms with E-state index in [9.17, 15) is 0 Å². The van der Waals surface area contributed by atoms with Gasteiger partial charge in [0.1, 0.15) is 0 Å². The molecular weight excluding hydrogens is 222 g/mol. The zero-order valence-electron chi connectivity index (χ0n) is 9.10. The van der Waals surface area contributed by atoms with E-state index >= 15 is 0 Å². The van der Waals surface area contributed by atoms with E-state index in [1.165, 1.54) is 0 Å². The summed E-state index contributed by atoms with van der Waals surface area (Å²) in [6.07, 6.45) is 1.76. The van der Waals surface area contributed by atoms with Gasteiger partial charge in [0.25, 0.3) is 0 Å². The second kappa shape index (κ2) is 4.68. The number of rotatable bonds is 3. The van der Waals surface area contributed by atoms with Crippen LogP contribution in [0.25, 0.3) is 0 Å². The maximum Gasteiger partial charge on any atom is 0.0737 e. The molecule has 1 atom stereocenters. The summed E-state index contributed by atoms with van der Waals surface area (Å²) in [4.78, 5) is 0. The number of nitrogens with zero attached hydrogens (tertiary/aromatic N) is 2. The van der Waals surface area contributed by atoms with E-state index in [0.29, 0.717) is 5.02 Å². The first-order valence-corrected chi connectivity index (χ1v) is 5.63. The summed E-state index contributed by atoms with van der Waals surface area (Å²) < 4.78 is 1.88. The highest BCUT2D eigenvalue weighted by Crippen LogP contribution is 2.25. The third kappa shape index (κ3) is 1.96. The highest BCUT2D eigenvalue weighted by molar-refractivity contribution is 6.31. The number of hydrogen-bond donors (Lipinski definition) is 1. The standard InChI is InChI=1S/C12H14ClN3/c1-2-16-11(7-8-15-16)12(14)9-5-3-4-6-10(9)13/h3-8,12H,2,14H2,1H3. The van der Waals surface area contributed by atoms with Crippen molar-refractivity contribution >= 4 is 11.6 Å². The summed E-state index contributed by atoms with van der Waals surface area (Å²) in [6.45, 7) is 2.84. The molecule has 0 saturated carbocycles. The van der Waals surface area contributed by atoms with Crippen LogP contribution < -0.4 is 5.73 Å². The van der Waals surface area contributed by atoms with Gasteiger partial charge in [0, 0.05) is 17.8 Å². The molecule has 1 aromatic heterocycles. The Balaban J connectivity index is 2.39. The lowest BCUT2D eigenvalue weighted by atomic mass is 10.0. The molecule has 0 saturated heterocycles. The van der Waals surface area contributed by atoms with Crippen LogP contribution in [-0.4, -0.2) is 9.78 Å². The highest BCUT2D eigenvalue weighted by atomic mass is 35.5. The van der Waals surface area contributed by atoms with E-state index in [0.717, 1.165) is 17.8 Å². The summed E-state index contributed by atoms with van der Waals surface area (Å²) in [7, 11) is 0. The van der Waals surface area contributed by atoms with Gasteiger partial charge in [-0.15, -0.1) is 0 Å². The van der Waals surface area contributed by atoms with Crippen molar-refractivity contribution in [3.63, 3.8) is 0 Å². The van der Waals surface area contributed by atoms with Crippen molar-refractivity contribution in [2.75, 3.05) is 0 Å². The zero-order valence-corrected chi connectivity index (χ0v) is 9.85. The van der Waals surface area contributed by atoms with Crippen molar-refractivity contribution < 1.29 is 0 Å². The van der Waals surface area contributed by atoms with Crippen molar-refractivity contribution in [3.05, 3.63) is 52.8 Å². The number of halogens is 1. The lowest BCUT2D eigenvalue weighted by molar-refractivity contribution is 0.601. The van der Waals surface area contributed by atoms with Crippen LogP contribution in [-0.2, 0) is 6.54 Å². The SMILES string of the molecule is CCn1nccc1C(N)c1ccccc1Cl. The fourth-order valence-corrected chi connectivity index (χ4v) is 2.01. The Bertz CT molecular complexity index is 479. The smallest absolute Gasteiger partial charge is 0.0737 e. The van der Waals surface area contributed by atoms with Crippen LogP contribution in [0.5, 0.6) is 0 Å². The van der Waals surface area contributed by atoms with Gasteiger partial charge >= 0.3 is 0 Å². The van der Waals surface area contributed by atoms with Crippen LogP contribution >= 0.6 is 11.6 Å². The Kier molecular flexibility index (Phi) is 3.27. The number of nitrogens with two attached hydrogens (primary N) is 1. The maximum atomic E-state index is 6.19. The second-order valence-electron chi connectivity index (χ2n) is 3.57. The van der Waals surface area contributed by atoms with Crippen molar-refractivity contribution in [3.8, 4) is 0 Å². The molecule has 0 fully saturated rings. The molecule has 84 valence electrons. The van der Waals surface area contributed by atoms with Crippen LogP contribution in [0.15, 0.2) is 36.5 Å². The van der Waals surface area contributed by atoms with E-state index in [-0.39, 0.29) is 6.04 Å². The predicted molar refractivity (Wildman–Crippen MR) is 65.4 cm³/mol. The van der Waals surface area contributed by atoms with E-state index in [1.54, 1.807) is 6.20 Å². The first-order chi connectivity index (χ1) is 7.74. The lowest BCUT2D eigenvalue weighted by Gasteiger charge is -2.14. The summed E-state index contributed by atoms with van der Waals surface area (Å²) in [5.74, 6) is 0. The van der Waals surface area contributed by atoms with Crippen LogP contribution in [0.3, 0.4) is 0 Å². The number of aryl methyl sites for hydroxylation is 1. The lowest BCUT2D eigenvalue weighted by Crippen LogP contribution is -2.17. The Morgan fingerprint density at radius 2 is 2.12 bits per heavy atom. The van der Waals surface area contributed by atoms with Crippen LogP contribution in [0.4, 0.5) is 0 Å². The maximum absolute atomic E-state index is 6.19. The molecule has 3 nitrogen and oxygen atoms in total. The van der Waals surface area contributed by atoms with E-state index in [4.69, 9.17) is 17.3 Å². The molecule has 0 aliphatic carbocycles. The first kappa shape index (κ1) is 11.2. The highest BCUT2D eigenvalue weighted by Gasteiger charge is 2.15. The largest absolute Gasteiger partial charge is 0.319 e. The average molecular weight is 236 g/mol. The average Bonchev–Trinajstić information content (AvgIpc) is 2.77. The Hall–Kier alpha value is -1.32. The molecule has 1 heterocycles. The molecule has 16 heavy (non-hydrogen) atoms. The van der Waals surface area contributed by atoms with Gasteiger partial charge in [-0.3, -0.25) is 4.68 Å². The van der Waals surface area contributed by atoms with E-state index < -0.39 is 0 Å². The summed E-state index contributed by atoms with van der Waals surface area (Å²) in [5, 5.41) is 4.90. The van der Waals surface area contributed by atoms with Crippen LogP contribution in [0.1, 0.15) is 24.2 Å². The van der Waals surface area contributed by atoms with E-state index in [1.807, 2.05) is 41.9 Å². The Morgan fingerprint density at radius 1 is 1.38 bits per heavy atom. The molecule has 4 heteroatoms. The fourth-order valence-electron chi connectivity index (χ4n) is 1.76. The van der Waals surface area contributed by atoms with Crippen molar-refractivity contribution in [1.82, 2.24) is 9.78 Å². The summed E-state index contributed by atoms with van der Waals surface area (Å²) in [5.41, 5.74) is 8.10. The molecular formula is C12H14ClN3. The predicted octanol–water partition coefficient (Wildman–Crippen LogP) is 2.60. The molecule has 1 aromatic carbocycles. The van der Waals surface area contributed by atoms with Crippen molar-refractivity contribution in [2.24, 2.45) is 5.73 Å². The molecule has 2 aromatic rings. The molecule has 0 spiro atoms. The summed E-state index contributed by atoms with van der Waals surface area (Å²) in [6, 6.07) is 9.33.